The number of benzene rings is 1. The molecule has 0 amide bonds. The Morgan fingerprint density at radius 3 is 2.47 bits per heavy atom. The Bertz CT molecular complexity index is 714. The van der Waals surface area contributed by atoms with Crippen molar-refractivity contribution in [3.8, 4) is 5.75 Å². The summed E-state index contributed by atoms with van der Waals surface area (Å²) in [5, 5.41) is 39.7. The number of aliphatic hydroxyl groups is 4. The van der Waals surface area contributed by atoms with Crippen LogP contribution in [0.3, 0.4) is 0 Å². The highest BCUT2D eigenvalue weighted by molar-refractivity contribution is 7.95. The Hall–Kier alpha value is -1.17. The maximum atomic E-state index is 10.6. The van der Waals surface area contributed by atoms with Crippen LogP contribution in [-0.4, -0.2) is 82.3 Å². The van der Waals surface area contributed by atoms with Gasteiger partial charge in [0.25, 0.3) is 0 Å². The summed E-state index contributed by atoms with van der Waals surface area (Å²) in [6, 6.07) is 7.71. The smallest absolute Gasteiger partial charge is 0.161 e. The lowest BCUT2D eigenvalue weighted by molar-refractivity contribution is -0.284. The topological polar surface area (TPSA) is 118 Å². The second-order valence-corrected chi connectivity index (χ2v) is 8.96. The molecule has 4 N–H and O–H groups in total. The molecule has 1 aromatic carbocycles. The summed E-state index contributed by atoms with van der Waals surface area (Å²) in [4.78, 5) is 0. The average Bonchev–Trinajstić information content (AvgIpc) is 2.80. The van der Waals surface area contributed by atoms with Gasteiger partial charge in [-0.2, -0.15) is 0 Å². The second kappa shape index (κ2) is 12.3. The predicted octanol–water partition coefficient (Wildman–Crippen LogP) is 1.89. The fraction of sp³-hybridized carbons (Fsp3) is 0.652. The second-order valence-electron chi connectivity index (χ2n) is 8.23. The third kappa shape index (κ3) is 6.91. The van der Waals surface area contributed by atoms with Crippen LogP contribution < -0.4 is 4.18 Å². The molecule has 180 valence electrons. The van der Waals surface area contributed by atoms with Gasteiger partial charge in [0.2, 0.25) is 0 Å². The van der Waals surface area contributed by atoms with Crippen LogP contribution in [0.5, 0.6) is 5.75 Å². The molecule has 2 saturated heterocycles. The first-order valence-corrected chi connectivity index (χ1v) is 12.0. The first kappa shape index (κ1) is 25.5. The normalized spacial score (nSPS) is 33.1. The highest BCUT2D eigenvalue weighted by atomic mass is 32.2. The van der Waals surface area contributed by atoms with Gasteiger partial charge in [-0.3, -0.25) is 0 Å². The highest BCUT2D eigenvalue weighted by Gasteiger charge is 2.41. The monoisotopic (exact) mass is 470 g/mol. The van der Waals surface area contributed by atoms with E-state index in [2.05, 4.69) is 13.5 Å². The number of hydrogen-bond acceptors (Lipinski definition) is 9. The molecule has 0 saturated carbocycles. The average molecular weight is 471 g/mol. The van der Waals surface area contributed by atoms with Gasteiger partial charge in [0.1, 0.15) is 18.0 Å². The van der Waals surface area contributed by atoms with Gasteiger partial charge < -0.3 is 38.8 Å². The lowest BCUT2D eigenvalue weighted by Crippen LogP contribution is -2.54. The van der Waals surface area contributed by atoms with Gasteiger partial charge >= 0.3 is 0 Å². The van der Waals surface area contributed by atoms with E-state index in [-0.39, 0.29) is 25.7 Å². The quantitative estimate of drug-likeness (QED) is 0.380. The standard InChI is InChI=1S/C23H34O8S/c1-3-14(2)15-4-6-17(7-5-15)31-32-13-19-10-20(27)23(21(12-25)28-19)30-22-9-16(26)8-18(11-24)29-22/h4-7,16,18-27H,2-3,8-13H2,1H3. The molecule has 8 nitrogen and oxygen atoms in total. The van der Waals surface area contributed by atoms with E-state index in [1.165, 1.54) is 12.0 Å². The van der Waals surface area contributed by atoms with E-state index in [4.69, 9.17) is 18.4 Å². The number of allylic oxidation sites excluding steroid dienone is 1. The van der Waals surface area contributed by atoms with Crippen molar-refractivity contribution in [1.29, 1.82) is 0 Å². The van der Waals surface area contributed by atoms with Crippen molar-refractivity contribution in [2.45, 2.75) is 75.5 Å². The zero-order chi connectivity index (χ0) is 23.1. The Balaban J connectivity index is 1.48. The van der Waals surface area contributed by atoms with Crippen molar-refractivity contribution in [3.05, 3.63) is 36.4 Å². The van der Waals surface area contributed by atoms with Crippen LogP contribution in [0, 0.1) is 0 Å². The van der Waals surface area contributed by atoms with Crippen LogP contribution in [0.15, 0.2) is 30.8 Å². The van der Waals surface area contributed by atoms with Gasteiger partial charge in [0.15, 0.2) is 6.29 Å². The molecular formula is C23H34O8S. The van der Waals surface area contributed by atoms with Crippen molar-refractivity contribution in [3.63, 3.8) is 0 Å². The minimum Gasteiger partial charge on any atom is -0.426 e. The lowest BCUT2D eigenvalue weighted by atomic mass is 9.98. The van der Waals surface area contributed by atoms with Crippen molar-refractivity contribution >= 4 is 17.6 Å². The summed E-state index contributed by atoms with van der Waals surface area (Å²) in [6.45, 7) is 5.54. The van der Waals surface area contributed by atoms with Crippen molar-refractivity contribution in [2.75, 3.05) is 19.0 Å². The minimum absolute atomic E-state index is 0.223. The van der Waals surface area contributed by atoms with Gasteiger partial charge in [0.05, 0.1) is 55.4 Å². The van der Waals surface area contributed by atoms with Gasteiger partial charge in [0, 0.05) is 19.3 Å². The van der Waals surface area contributed by atoms with Gasteiger partial charge in [-0.25, -0.2) is 0 Å². The molecule has 0 bridgehead atoms. The summed E-state index contributed by atoms with van der Waals surface area (Å²) in [6.07, 6.45) is -2.93. The minimum atomic E-state index is -0.874. The molecule has 3 rings (SSSR count). The van der Waals surface area contributed by atoms with Gasteiger partial charge in [-0.1, -0.05) is 25.6 Å². The van der Waals surface area contributed by atoms with E-state index in [1.807, 2.05) is 24.3 Å². The Morgan fingerprint density at radius 1 is 1.06 bits per heavy atom. The van der Waals surface area contributed by atoms with Crippen molar-refractivity contribution < 1.29 is 38.8 Å². The maximum absolute atomic E-state index is 10.6. The van der Waals surface area contributed by atoms with E-state index >= 15 is 0 Å². The Kier molecular flexibility index (Phi) is 9.81. The van der Waals surface area contributed by atoms with Crippen LogP contribution in [0.4, 0.5) is 0 Å². The maximum Gasteiger partial charge on any atom is 0.161 e. The zero-order valence-corrected chi connectivity index (χ0v) is 19.2. The fourth-order valence-corrected chi connectivity index (χ4v) is 4.60. The molecule has 2 fully saturated rings. The van der Waals surface area contributed by atoms with E-state index in [1.54, 1.807) is 0 Å². The summed E-state index contributed by atoms with van der Waals surface area (Å²) < 4.78 is 23.1. The number of rotatable bonds is 10. The zero-order valence-electron chi connectivity index (χ0n) is 18.3. The molecular weight excluding hydrogens is 436 g/mol. The van der Waals surface area contributed by atoms with E-state index in [0.717, 1.165) is 17.6 Å². The van der Waals surface area contributed by atoms with E-state index < -0.39 is 36.8 Å². The predicted molar refractivity (Wildman–Crippen MR) is 121 cm³/mol. The molecule has 1 aromatic rings. The Labute approximate surface area is 193 Å². The van der Waals surface area contributed by atoms with Crippen LogP contribution in [0.2, 0.25) is 0 Å². The van der Waals surface area contributed by atoms with E-state index in [9.17, 15) is 20.4 Å². The molecule has 0 aliphatic carbocycles. The molecule has 2 heterocycles. The summed E-state index contributed by atoms with van der Waals surface area (Å²) in [7, 11) is 0. The molecule has 9 heteroatoms. The number of aliphatic hydroxyl groups excluding tert-OH is 4. The van der Waals surface area contributed by atoms with Gasteiger partial charge in [-0.15, -0.1) is 0 Å². The molecule has 0 aromatic heterocycles. The molecule has 2 aliphatic rings. The Morgan fingerprint density at radius 2 is 1.81 bits per heavy atom. The van der Waals surface area contributed by atoms with Crippen molar-refractivity contribution in [2.24, 2.45) is 0 Å². The molecule has 0 spiro atoms. The SMILES string of the molecule is C=C(CC)c1ccc(OSCC2CC(O)C(OC3CC(O)CC(CO)O3)C(CO)O2)cc1. The number of ether oxygens (including phenoxy) is 3. The number of hydrogen-bond donors (Lipinski definition) is 4. The first-order valence-electron chi connectivity index (χ1n) is 11.0. The molecule has 7 unspecified atom stereocenters. The lowest BCUT2D eigenvalue weighted by Gasteiger charge is -2.42. The molecule has 7 atom stereocenters. The van der Waals surface area contributed by atoms with Gasteiger partial charge in [-0.05, 0) is 29.7 Å². The fourth-order valence-electron chi connectivity index (χ4n) is 3.92. The van der Waals surface area contributed by atoms with Crippen LogP contribution in [-0.2, 0) is 14.2 Å². The largest absolute Gasteiger partial charge is 0.426 e. The van der Waals surface area contributed by atoms with Crippen LogP contribution in [0.1, 0.15) is 38.2 Å². The van der Waals surface area contributed by atoms with Crippen LogP contribution in [0.25, 0.3) is 5.57 Å². The highest BCUT2D eigenvalue weighted by Crippen LogP contribution is 2.30. The first-order chi connectivity index (χ1) is 15.4. The molecule has 2 aliphatic heterocycles. The third-order valence-electron chi connectivity index (χ3n) is 5.75. The van der Waals surface area contributed by atoms with E-state index in [0.29, 0.717) is 24.3 Å². The van der Waals surface area contributed by atoms with Crippen molar-refractivity contribution in [1.82, 2.24) is 0 Å². The molecule has 32 heavy (non-hydrogen) atoms. The summed E-state index contributed by atoms with van der Waals surface area (Å²) >= 11 is 1.22. The summed E-state index contributed by atoms with van der Waals surface area (Å²) in [5.41, 5.74) is 2.15. The molecule has 0 radical (unpaired) electrons. The van der Waals surface area contributed by atoms with Crippen LogP contribution >= 0.6 is 12.0 Å². The third-order valence-corrected chi connectivity index (χ3v) is 6.57. The summed E-state index contributed by atoms with van der Waals surface area (Å²) in [5.74, 6) is 1.18.